The summed E-state index contributed by atoms with van der Waals surface area (Å²) in [5.41, 5.74) is 1.19. The Morgan fingerprint density at radius 2 is 2.07 bits per heavy atom. The van der Waals surface area contributed by atoms with Crippen molar-refractivity contribution in [1.29, 1.82) is 0 Å². The predicted octanol–water partition coefficient (Wildman–Crippen LogP) is 5.54. The molecule has 1 N–H and O–H groups in total. The monoisotopic (exact) mass is 455 g/mol. The highest BCUT2D eigenvalue weighted by Crippen LogP contribution is 2.26. The zero-order valence-electron chi connectivity index (χ0n) is 15.4. The Kier molecular flexibility index (Phi) is 7.04. The fourth-order valence-corrected chi connectivity index (χ4v) is 4.42. The summed E-state index contributed by atoms with van der Waals surface area (Å²) < 4.78 is 2.32. The van der Waals surface area contributed by atoms with Crippen molar-refractivity contribution >= 4 is 68.1 Å². The SMILES string of the molecule is CC(C)CCn1c(SCC(=O)Nc2ccc(Cl)c(Cl)c2)nc2ccsc2c1=O. The van der Waals surface area contributed by atoms with Crippen molar-refractivity contribution in [1.82, 2.24) is 9.55 Å². The molecule has 2 aromatic heterocycles. The van der Waals surface area contributed by atoms with Gasteiger partial charge in [-0.1, -0.05) is 48.8 Å². The number of nitrogens with one attached hydrogen (secondary N) is 1. The van der Waals surface area contributed by atoms with Gasteiger partial charge in [-0.25, -0.2) is 4.98 Å². The number of rotatable bonds is 7. The standard InChI is InChI=1S/C19H19Cl2N3O2S2/c1-11(2)5-7-24-18(26)17-15(6-8-27-17)23-19(24)28-10-16(25)22-12-3-4-13(20)14(21)9-12/h3-4,6,8-9,11H,5,7,10H2,1-2H3,(H,22,25). The molecule has 28 heavy (non-hydrogen) atoms. The Morgan fingerprint density at radius 3 is 2.79 bits per heavy atom. The highest BCUT2D eigenvalue weighted by molar-refractivity contribution is 7.99. The largest absolute Gasteiger partial charge is 0.325 e. The van der Waals surface area contributed by atoms with Crippen LogP contribution in [-0.4, -0.2) is 21.2 Å². The topological polar surface area (TPSA) is 64.0 Å². The van der Waals surface area contributed by atoms with Gasteiger partial charge in [0.1, 0.15) is 4.70 Å². The van der Waals surface area contributed by atoms with Crippen LogP contribution in [0.4, 0.5) is 5.69 Å². The van der Waals surface area contributed by atoms with E-state index in [4.69, 9.17) is 23.2 Å². The number of amides is 1. The van der Waals surface area contributed by atoms with Crippen LogP contribution < -0.4 is 10.9 Å². The molecule has 0 saturated carbocycles. The number of carbonyl (C=O) groups excluding carboxylic acids is 1. The maximum atomic E-state index is 12.8. The van der Waals surface area contributed by atoms with Crippen LogP contribution in [0.5, 0.6) is 0 Å². The lowest BCUT2D eigenvalue weighted by molar-refractivity contribution is -0.113. The zero-order chi connectivity index (χ0) is 20.3. The molecule has 3 rings (SSSR count). The summed E-state index contributed by atoms with van der Waals surface area (Å²) in [6.45, 7) is 4.80. The summed E-state index contributed by atoms with van der Waals surface area (Å²) in [6.07, 6.45) is 0.863. The smallest absolute Gasteiger partial charge is 0.272 e. The second-order valence-corrected chi connectivity index (χ2v) is 9.31. The molecule has 2 heterocycles. The normalized spacial score (nSPS) is 11.3. The van der Waals surface area contributed by atoms with Crippen molar-refractivity contribution < 1.29 is 4.79 Å². The molecule has 1 amide bonds. The number of aromatic nitrogens is 2. The average Bonchev–Trinajstić information content (AvgIpc) is 3.11. The fraction of sp³-hybridized carbons (Fsp3) is 0.316. The van der Waals surface area contributed by atoms with Gasteiger partial charge >= 0.3 is 0 Å². The summed E-state index contributed by atoms with van der Waals surface area (Å²) in [4.78, 5) is 29.8. The van der Waals surface area contributed by atoms with E-state index in [-0.39, 0.29) is 17.2 Å². The number of hydrogen-bond donors (Lipinski definition) is 1. The molecule has 0 fully saturated rings. The molecule has 148 valence electrons. The van der Waals surface area contributed by atoms with Gasteiger partial charge in [-0.3, -0.25) is 14.2 Å². The molecule has 0 bridgehead atoms. The first-order chi connectivity index (χ1) is 13.3. The molecule has 1 aromatic carbocycles. The lowest BCUT2D eigenvalue weighted by Crippen LogP contribution is -2.24. The first-order valence-electron chi connectivity index (χ1n) is 8.71. The van der Waals surface area contributed by atoms with E-state index in [2.05, 4.69) is 24.1 Å². The molecule has 0 aliphatic heterocycles. The van der Waals surface area contributed by atoms with Crippen molar-refractivity contribution in [2.45, 2.75) is 32.0 Å². The van der Waals surface area contributed by atoms with Crippen molar-refractivity contribution in [2.75, 3.05) is 11.1 Å². The Labute approximate surface area is 181 Å². The van der Waals surface area contributed by atoms with Gasteiger partial charge in [-0.05, 0) is 42.0 Å². The number of thiophene rings is 1. The van der Waals surface area contributed by atoms with Crippen LogP contribution in [0.1, 0.15) is 20.3 Å². The van der Waals surface area contributed by atoms with Gasteiger partial charge in [-0.15, -0.1) is 11.3 Å². The van der Waals surface area contributed by atoms with Crippen LogP contribution in [0, 0.1) is 5.92 Å². The van der Waals surface area contributed by atoms with Gasteiger partial charge in [0.25, 0.3) is 5.56 Å². The van der Waals surface area contributed by atoms with E-state index in [9.17, 15) is 9.59 Å². The van der Waals surface area contributed by atoms with E-state index in [0.717, 1.165) is 6.42 Å². The third kappa shape index (κ3) is 5.08. The number of anilines is 1. The van der Waals surface area contributed by atoms with Gasteiger partial charge in [0, 0.05) is 12.2 Å². The minimum absolute atomic E-state index is 0.0481. The van der Waals surface area contributed by atoms with E-state index in [0.29, 0.717) is 43.6 Å². The fourth-order valence-electron chi connectivity index (χ4n) is 2.52. The predicted molar refractivity (Wildman–Crippen MR) is 119 cm³/mol. The number of carbonyl (C=O) groups is 1. The van der Waals surface area contributed by atoms with E-state index in [1.54, 1.807) is 22.8 Å². The first kappa shape index (κ1) is 21.2. The number of benzene rings is 1. The van der Waals surface area contributed by atoms with E-state index in [1.807, 2.05) is 11.4 Å². The lowest BCUT2D eigenvalue weighted by atomic mass is 10.1. The maximum Gasteiger partial charge on any atom is 0.272 e. The number of hydrogen-bond acceptors (Lipinski definition) is 5. The Bertz CT molecular complexity index is 1060. The maximum absolute atomic E-state index is 12.8. The molecule has 0 spiro atoms. The highest BCUT2D eigenvalue weighted by Gasteiger charge is 2.15. The number of nitrogens with zero attached hydrogens (tertiary/aromatic N) is 2. The Balaban J connectivity index is 1.76. The Morgan fingerprint density at radius 1 is 1.29 bits per heavy atom. The summed E-state index contributed by atoms with van der Waals surface area (Å²) in [6, 6.07) is 6.74. The van der Waals surface area contributed by atoms with Crippen molar-refractivity contribution in [2.24, 2.45) is 5.92 Å². The second kappa shape index (κ2) is 9.31. The van der Waals surface area contributed by atoms with Crippen LogP contribution >= 0.6 is 46.3 Å². The molecule has 0 unspecified atom stereocenters. The lowest BCUT2D eigenvalue weighted by Gasteiger charge is -2.13. The molecule has 5 nitrogen and oxygen atoms in total. The molecular weight excluding hydrogens is 437 g/mol. The van der Waals surface area contributed by atoms with Crippen molar-refractivity contribution in [3.8, 4) is 0 Å². The van der Waals surface area contributed by atoms with E-state index < -0.39 is 0 Å². The molecule has 0 radical (unpaired) electrons. The van der Waals surface area contributed by atoms with Crippen LogP contribution in [-0.2, 0) is 11.3 Å². The summed E-state index contributed by atoms with van der Waals surface area (Å²) >= 11 is 14.5. The van der Waals surface area contributed by atoms with E-state index in [1.165, 1.54) is 23.1 Å². The quantitative estimate of drug-likeness (QED) is 0.375. The second-order valence-electron chi connectivity index (χ2n) is 6.63. The van der Waals surface area contributed by atoms with Crippen LogP contribution in [0.15, 0.2) is 39.6 Å². The average molecular weight is 456 g/mol. The molecular formula is C19H19Cl2N3O2S2. The van der Waals surface area contributed by atoms with E-state index >= 15 is 0 Å². The van der Waals surface area contributed by atoms with Crippen molar-refractivity contribution in [3.63, 3.8) is 0 Å². The third-order valence-electron chi connectivity index (χ3n) is 4.00. The Hall–Kier alpha value is -1.54. The molecule has 3 aromatic rings. The molecule has 0 aliphatic rings. The van der Waals surface area contributed by atoms with Gasteiger partial charge in [0.15, 0.2) is 5.16 Å². The molecule has 0 atom stereocenters. The number of thioether (sulfide) groups is 1. The molecule has 0 saturated heterocycles. The third-order valence-corrected chi connectivity index (χ3v) is 6.60. The summed E-state index contributed by atoms with van der Waals surface area (Å²) in [5, 5.41) is 6.00. The summed E-state index contributed by atoms with van der Waals surface area (Å²) in [5.74, 6) is 0.379. The van der Waals surface area contributed by atoms with Gasteiger partial charge in [-0.2, -0.15) is 0 Å². The number of halogens is 2. The highest BCUT2D eigenvalue weighted by atomic mass is 35.5. The van der Waals surface area contributed by atoms with Gasteiger partial charge < -0.3 is 5.32 Å². The zero-order valence-corrected chi connectivity index (χ0v) is 18.5. The molecule has 9 heteroatoms. The van der Waals surface area contributed by atoms with Crippen LogP contribution in [0.3, 0.4) is 0 Å². The van der Waals surface area contributed by atoms with Gasteiger partial charge in [0.2, 0.25) is 5.91 Å². The number of fused-ring (bicyclic) bond motifs is 1. The van der Waals surface area contributed by atoms with Crippen LogP contribution in [0.2, 0.25) is 10.0 Å². The molecule has 0 aliphatic carbocycles. The minimum atomic E-state index is -0.210. The van der Waals surface area contributed by atoms with Crippen molar-refractivity contribution in [3.05, 3.63) is 50.0 Å². The van der Waals surface area contributed by atoms with Crippen LogP contribution in [0.25, 0.3) is 10.2 Å². The van der Waals surface area contributed by atoms with Gasteiger partial charge in [0.05, 0.1) is 21.3 Å². The summed E-state index contributed by atoms with van der Waals surface area (Å²) in [7, 11) is 0. The first-order valence-corrected chi connectivity index (χ1v) is 11.3. The minimum Gasteiger partial charge on any atom is -0.325 e.